The molecule has 5 heterocycles. The zero-order valence-electron chi connectivity index (χ0n) is 15.5. The number of hydrazine groups is 1. The van der Waals surface area contributed by atoms with Gasteiger partial charge < -0.3 is 4.90 Å². The van der Waals surface area contributed by atoms with E-state index in [-0.39, 0.29) is 36.0 Å². The molecule has 5 atom stereocenters. The van der Waals surface area contributed by atoms with Crippen LogP contribution in [0.5, 0.6) is 0 Å². The van der Waals surface area contributed by atoms with Crippen LogP contribution in [0.4, 0.5) is 8.78 Å². The molecule has 1 aromatic carbocycles. The van der Waals surface area contributed by atoms with E-state index in [1.165, 1.54) is 12.1 Å². The first-order valence-corrected chi connectivity index (χ1v) is 10.0. The van der Waals surface area contributed by atoms with Crippen molar-refractivity contribution in [3.63, 3.8) is 0 Å². The van der Waals surface area contributed by atoms with E-state index in [4.69, 9.17) is 0 Å². The van der Waals surface area contributed by atoms with Crippen molar-refractivity contribution in [1.82, 2.24) is 20.7 Å². The number of amides is 1. The van der Waals surface area contributed by atoms with E-state index in [9.17, 15) is 13.6 Å². The van der Waals surface area contributed by atoms with Gasteiger partial charge >= 0.3 is 0 Å². The zero-order chi connectivity index (χ0) is 18.7. The molecule has 7 heteroatoms. The molecule has 1 amide bonds. The Labute approximate surface area is 158 Å². The van der Waals surface area contributed by atoms with Crippen LogP contribution in [0.25, 0.3) is 0 Å². The Balaban J connectivity index is 1.49. The molecule has 0 spiro atoms. The molecule has 2 N–H and O–H groups in total. The van der Waals surface area contributed by atoms with Crippen LogP contribution < -0.4 is 10.9 Å². The first-order chi connectivity index (χ1) is 13.0. The number of likely N-dealkylation sites (tertiary alicyclic amines) is 1. The van der Waals surface area contributed by atoms with Crippen LogP contribution in [0.1, 0.15) is 37.7 Å². The minimum Gasteiger partial charge on any atom is -0.336 e. The summed E-state index contributed by atoms with van der Waals surface area (Å²) in [6, 6.07) is 4.15. The van der Waals surface area contributed by atoms with Gasteiger partial charge in [-0.25, -0.2) is 14.2 Å². The number of carbonyl (C=O) groups is 1. The van der Waals surface area contributed by atoms with Gasteiger partial charge in [0.25, 0.3) is 0 Å². The maximum atomic E-state index is 13.9. The third kappa shape index (κ3) is 2.87. The standard InChI is InChI=1S/C20H26F2N4O/c1-11-6-17(24-23-11)20(27)26-10-16(13-7-14(21)9-15(22)8-13)19-18(26)12-2-4-25(19)5-3-12/h7-9,11-12,16-19,23-24H,2-6,10H2,1H3/t11?,16-,17?,18+,19+/m1/s1. The SMILES string of the molecule is CC1CC(C(=O)N2C[C@H](c3cc(F)cc(F)c3)[C@H]3[C@@H]2C2CCN3CC2)NN1. The summed E-state index contributed by atoms with van der Waals surface area (Å²) in [4.78, 5) is 17.8. The molecule has 2 unspecified atom stereocenters. The first-order valence-electron chi connectivity index (χ1n) is 10.0. The molecular weight excluding hydrogens is 350 g/mol. The lowest BCUT2D eigenvalue weighted by Crippen LogP contribution is -2.62. The predicted molar refractivity (Wildman–Crippen MR) is 96.8 cm³/mol. The number of nitrogens with zero attached hydrogens (tertiary/aromatic N) is 2. The zero-order valence-corrected chi connectivity index (χ0v) is 15.5. The Hall–Kier alpha value is -1.57. The van der Waals surface area contributed by atoms with Crippen LogP contribution in [0, 0.1) is 17.6 Å². The van der Waals surface area contributed by atoms with Crippen molar-refractivity contribution in [2.24, 2.45) is 5.92 Å². The van der Waals surface area contributed by atoms with Gasteiger partial charge in [-0.05, 0) is 62.9 Å². The van der Waals surface area contributed by atoms with Crippen LogP contribution in [-0.4, -0.2) is 59.5 Å². The average molecular weight is 376 g/mol. The highest BCUT2D eigenvalue weighted by Crippen LogP contribution is 2.47. The maximum Gasteiger partial charge on any atom is 0.241 e. The molecule has 5 fully saturated rings. The summed E-state index contributed by atoms with van der Waals surface area (Å²) in [7, 11) is 0. The van der Waals surface area contributed by atoms with E-state index < -0.39 is 11.6 Å². The molecule has 6 rings (SSSR count). The van der Waals surface area contributed by atoms with Crippen molar-refractivity contribution in [2.75, 3.05) is 19.6 Å². The van der Waals surface area contributed by atoms with Crippen molar-refractivity contribution in [3.8, 4) is 0 Å². The number of benzene rings is 1. The number of hydrogen-bond acceptors (Lipinski definition) is 4. The molecule has 5 aliphatic heterocycles. The first kappa shape index (κ1) is 17.5. The Morgan fingerprint density at radius 3 is 2.41 bits per heavy atom. The monoisotopic (exact) mass is 376 g/mol. The number of carbonyl (C=O) groups excluding carboxylic acids is 1. The smallest absolute Gasteiger partial charge is 0.241 e. The second-order valence-electron chi connectivity index (χ2n) is 8.63. The fraction of sp³-hybridized carbons (Fsp3) is 0.650. The summed E-state index contributed by atoms with van der Waals surface area (Å²) >= 11 is 0. The highest BCUT2D eigenvalue weighted by Gasteiger charge is 2.55. The largest absolute Gasteiger partial charge is 0.336 e. The Bertz CT molecular complexity index is 731. The van der Waals surface area contributed by atoms with Gasteiger partial charge in [0, 0.05) is 30.6 Å². The second kappa shape index (κ2) is 6.50. The highest BCUT2D eigenvalue weighted by atomic mass is 19.1. The van der Waals surface area contributed by atoms with Crippen molar-refractivity contribution in [3.05, 3.63) is 35.4 Å². The van der Waals surface area contributed by atoms with Crippen molar-refractivity contribution >= 4 is 5.91 Å². The van der Waals surface area contributed by atoms with E-state index in [1.807, 2.05) is 4.90 Å². The van der Waals surface area contributed by atoms with Crippen LogP contribution in [0.15, 0.2) is 18.2 Å². The second-order valence-corrected chi connectivity index (χ2v) is 8.63. The fourth-order valence-corrected chi connectivity index (χ4v) is 5.83. The van der Waals surface area contributed by atoms with Gasteiger partial charge in [-0.1, -0.05) is 0 Å². The van der Waals surface area contributed by atoms with E-state index in [1.54, 1.807) is 0 Å². The van der Waals surface area contributed by atoms with Gasteiger partial charge in [0.15, 0.2) is 0 Å². The molecule has 5 saturated heterocycles. The fourth-order valence-electron chi connectivity index (χ4n) is 5.83. The van der Waals surface area contributed by atoms with Crippen molar-refractivity contribution < 1.29 is 13.6 Å². The molecule has 0 aliphatic carbocycles. The number of rotatable bonds is 2. The molecule has 5 nitrogen and oxygen atoms in total. The Morgan fingerprint density at radius 2 is 1.78 bits per heavy atom. The van der Waals surface area contributed by atoms with Crippen LogP contribution >= 0.6 is 0 Å². The summed E-state index contributed by atoms with van der Waals surface area (Å²) in [5.74, 6) is -0.524. The summed E-state index contributed by atoms with van der Waals surface area (Å²) in [6.45, 7) is 4.63. The predicted octanol–water partition coefficient (Wildman–Crippen LogP) is 1.61. The number of piperidine rings is 3. The molecule has 5 aliphatic rings. The van der Waals surface area contributed by atoms with Crippen molar-refractivity contribution in [1.29, 1.82) is 0 Å². The molecule has 2 bridgehead atoms. The molecule has 27 heavy (non-hydrogen) atoms. The summed E-state index contributed by atoms with van der Waals surface area (Å²) < 4.78 is 27.8. The van der Waals surface area contributed by atoms with E-state index in [0.29, 0.717) is 18.0 Å². The van der Waals surface area contributed by atoms with Crippen LogP contribution in [0.3, 0.4) is 0 Å². The lowest BCUT2D eigenvalue weighted by atomic mass is 9.75. The van der Waals surface area contributed by atoms with E-state index >= 15 is 0 Å². The molecule has 1 aromatic rings. The summed E-state index contributed by atoms with van der Waals surface area (Å²) in [5, 5.41) is 0. The Morgan fingerprint density at radius 1 is 1.07 bits per heavy atom. The average Bonchev–Trinajstić information content (AvgIpc) is 3.26. The quantitative estimate of drug-likeness (QED) is 0.823. The molecule has 146 valence electrons. The minimum atomic E-state index is -0.544. The number of hydrogen-bond donors (Lipinski definition) is 2. The summed E-state index contributed by atoms with van der Waals surface area (Å²) in [6.07, 6.45) is 2.96. The Kier molecular flexibility index (Phi) is 4.22. The van der Waals surface area contributed by atoms with Gasteiger partial charge in [0.1, 0.15) is 17.7 Å². The molecule has 0 saturated carbocycles. The van der Waals surface area contributed by atoms with E-state index in [2.05, 4.69) is 22.7 Å². The lowest BCUT2D eigenvalue weighted by Gasteiger charge is -2.51. The molecule has 0 radical (unpaired) electrons. The topological polar surface area (TPSA) is 47.6 Å². The minimum absolute atomic E-state index is 0.0426. The summed E-state index contributed by atoms with van der Waals surface area (Å²) in [5.41, 5.74) is 6.93. The number of fused-ring (bicyclic) bond motifs is 2. The lowest BCUT2D eigenvalue weighted by molar-refractivity contribution is -0.138. The van der Waals surface area contributed by atoms with E-state index in [0.717, 1.165) is 38.4 Å². The van der Waals surface area contributed by atoms with Gasteiger partial charge in [-0.15, -0.1) is 0 Å². The molecular formula is C20H26F2N4O. The van der Waals surface area contributed by atoms with Gasteiger partial charge in [0.2, 0.25) is 5.91 Å². The van der Waals surface area contributed by atoms with Crippen LogP contribution in [0.2, 0.25) is 0 Å². The van der Waals surface area contributed by atoms with Crippen LogP contribution in [-0.2, 0) is 4.79 Å². The van der Waals surface area contributed by atoms with Gasteiger partial charge in [-0.3, -0.25) is 15.1 Å². The highest BCUT2D eigenvalue weighted by molar-refractivity contribution is 5.83. The normalized spacial score (nSPS) is 40.4. The maximum absolute atomic E-state index is 13.9. The van der Waals surface area contributed by atoms with Gasteiger partial charge in [-0.2, -0.15) is 0 Å². The third-order valence-corrected chi connectivity index (χ3v) is 6.98. The van der Waals surface area contributed by atoms with Crippen molar-refractivity contribution in [2.45, 2.75) is 56.3 Å². The number of nitrogens with one attached hydrogen (secondary N) is 2. The molecule has 0 aromatic heterocycles. The number of halogens is 2. The van der Waals surface area contributed by atoms with Gasteiger partial charge in [0.05, 0.1) is 6.04 Å². The third-order valence-electron chi connectivity index (χ3n) is 6.98.